The number of hydrogen-bond donors (Lipinski definition) is 4. The van der Waals surface area contributed by atoms with Crippen molar-refractivity contribution >= 4 is 21.8 Å². The molecule has 0 radical (unpaired) electrons. The lowest BCUT2D eigenvalue weighted by atomic mass is 9.93. The van der Waals surface area contributed by atoms with Crippen LogP contribution in [0.1, 0.15) is 37.3 Å². The number of rotatable bonds is 12. The third-order valence-corrected chi connectivity index (χ3v) is 8.89. The Morgan fingerprint density at radius 2 is 1.76 bits per heavy atom. The van der Waals surface area contributed by atoms with Gasteiger partial charge in [0.25, 0.3) is 0 Å². The topological polar surface area (TPSA) is 152 Å². The highest BCUT2D eigenvalue weighted by Gasteiger charge is 2.32. The van der Waals surface area contributed by atoms with Crippen LogP contribution in [0.4, 0.5) is 0 Å². The Labute approximate surface area is 242 Å². The average molecular weight is 578 g/mol. The lowest BCUT2D eigenvalue weighted by Gasteiger charge is -2.34. The number of piperidine rings is 1. The molecule has 1 aliphatic rings. The van der Waals surface area contributed by atoms with Crippen LogP contribution in [-0.4, -0.2) is 57.3 Å². The molecule has 4 rings (SSSR count). The van der Waals surface area contributed by atoms with Crippen molar-refractivity contribution in [2.24, 2.45) is 17.4 Å². The molecule has 1 saturated heterocycles. The molecule has 0 bridgehead atoms. The second-order valence-corrected chi connectivity index (χ2v) is 12.0. The number of nitrogens with two attached hydrogens (primary N) is 2. The monoisotopic (exact) mass is 577 g/mol. The highest BCUT2D eigenvalue weighted by molar-refractivity contribution is 7.89. The van der Waals surface area contributed by atoms with Gasteiger partial charge in [0.1, 0.15) is 17.6 Å². The van der Waals surface area contributed by atoms with Crippen LogP contribution in [0, 0.1) is 11.3 Å². The van der Waals surface area contributed by atoms with Gasteiger partial charge in [-0.1, -0.05) is 42.5 Å². The highest BCUT2D eigenvalue weighted by Crippen LogP contribution is 2.26. The molecule has 3 aromatic rings. The highest BCUT2D eigenvalue weighted by atomic mass is 32.2. The normalized spacial score (nSPS) is 14.9. The minimum Gasteiger partial charge on any atom is -0.494 e. The Balaban J connectivity index is 1.59. The Morgan fingerprint density at radius 3 is 2.41 bits per heavy atom. The van der Waals surface area contributed by atoms with Crippen LogP contribution in [0.3, 0.4) is 0 Å². The van der Waals surface area contributed by atoms with Gasteiger partial charge in [-0.05, 0) is 92.1 Å². The molecule has 1 heterocycles. The Bertz CT molecular complexity index is 1450. The van der Waals surface area contributed by atoms with Crippen LogP contribution >= 0.6 is 0 Å². The summed E-state index contributed by atoms with van der Waals surface area (Å²) in [6.45, 7) is 4.20. The van der Waals surface area contributed by atoms with Gasteiger partial charge in [0.15, 0.2) is 0 Å². The van der Waals surface area contributed by atoms with Gasteiger partial charge in [-0.3, -0.25) is 10.2 Å². The molecule has 0 aromatic heterocycles. The third kappa shape index (κ3) is 7.93. The fourth-order valence-electron chi connectivity index (χ4n) is 5.19. The molecule has 1 atom stereocenters. The van der Waals surface area contributed by atoms with E-state index in [4.69, 9.17) is 21.6 Å². The summed E-state index contributed by atoms with van der Waals surface area (Å²) in [5.41, 5.74) is 14.2. The molecule has 3 aromatic carbocycles. The van der Waals surface area contributed by atoms with Crippen molar-refractivity contribution in [1.82, 2.24) is 9.62 Å². The second-order valence-electron chi connectivity index (χ2n) is 10.3. The molecule has 0 spiro atoms. The summed E-state index contributed by atoms with van der Waals surface area (Å²) in [6, 6.07) is 20.1. The Morgan fingerprint density at radius 1 is 1.05 bits per heavy atom. The van der Waals surface area contributed by atoms with E-state index >= 15 is 0 Å². The first-order valence-electron chi connectivity index (χ1n) is 14.0. The molecule has 1 amide bonds. The van der Waals surface area contributed by atoms with Crippen LogP contribution in [0.15, 0.2) is 77.7 Å². The average Bonchev–Trinajstić information content (AvgIpc) is 2.98. The van der Waals surface area contributed by atoms with Crippen molar-refractivity contribution in [2.75, 3.05) is 26.2 Å². The molecule has 9 nitrogen and oxygen atoms in total. The maximum absolute atomic E-state index is 13.8. The van der Waals surface area contributed by atoms with Crippen LogP contribution in [0.5, 0.6) is 5.75 Å². The van der Waals surface area contributed by atoms with Gasteiger partial charge >= 0.3 is 0 Å². The van der Waals surface area contributed by atoms with Gasteiger partial charge in [0, 0.05) is 18.7 Å². The SMILES string of the molecule is CCOc1ccc(-c2cccc(S(=O)(=O)N[C@@H](Cc3cccc(C(=N)N)c3)C(=O)N3CCC(CCN)CC3)c2)cc1. The summed E-state index contributed by atoms with van der Waals surface area (Å²) >= 11 is 0. The van der Waals surface area contributed by atoms with Crippen molar-refractivity contribution in [2.45, 2.75) is 43.5 Å². The summed E-state index contributed by atoms with van der Waals surface area (Å²) in [5.74, 6) is 0.847. The van der Waals surface area contributed by atoms with E-state index in [1.54, 1.807) is 41.3 Å². The molecule has 1 fully saturated rings. The molecule has 0 saturated carbocycles. The van der Waals surface area contributed by atoms with Crippen molar-refractivity contribution < 1.29 is 17.9 Å². The largest absolute Gasteiger partial charge is 0.494 e. The second kappa shape index (κ2) is 13.8. The van der Waals surface area contributed by atoms with Crippen LogP contribution in [-0.2, 0) is 21.2 Å². The zero-order valence-electron chi connectivity index (χ0n) is 23.4. The van der Waals surface area contributed by atoms with Gasteiger partial charge in [0.05, 0.1) is 11.5 Å². The fraction of sp³-hybridized carbons (Fsp3) is 0.355. The number of nitrogen functional groups attached to an aromatic ring is 1. The van der Waals surface area contributed by atoms with Crippen molar-refractivity contribution in [3.8, 4) is 16.9 Å². The van der Waals surface area contributed by atoms with E-state index < -0.39 is 16.1 Å². The standard InChI is InChI=1S/C31H39N5O4S/c1-2-40-27-11-9-24(10-12-27)25-6-4-8-28(21-25)41(38,39)35-29(20-23-5-3-7-26(19-23)30(33)34)31(37)36-17-14-22(13-16-32)15-18-36/h3-12,19,21-22,29,35H,2,13-18,20,32H2,1H3,(H3,33,34)/t29-/m0/s1. The number of benzene rings is 3. The minimum atomic E-state index is -4.06. The minimum absolute atomic E-state index is 0.0702. The number of nitrogens with one attached hydrogen (secondary N) is 2. The molecule has 10 heteroatoms. The maximum atomic E-state index is 13.8. The Hall–Kier alpha value is -3.73. The summed E-state index contributed by atoms with van der Waals surface area (Å²) in [7, 11) is -4.06. The number of sulfonamides is 1. The molecule has 0 unspecified atom stereocenters. The number of likely N-dealkylation sites (tertiary alicyclic amines) is 1. The van der Waals surface area contributed by atoms with Crippen LogP contribution in [0.25, 0.3) is 11.1 Å². The van der Waals surface area contributed by atoms with Gasteiger partial charge in [0.2, 0.25) is 15.9 Å². The molecule has 0 aliphatic carbocycles. The van der Waals surface area contributed by atoms with E-state index in [-0.39, 0.29) is 23.1 Å². The zero-order valence-corrected chi connectivity index (χ0v) is 24.2. The first kappa shape index (κ1) is 30.2. The van der Waals surface area contributed by atoms with E-state index in [1.807, 2.05) is 37.3 Å². The number of ether oxygens (including phenoxy) is 1. The number of carbonyl (C=O) groups is 1. The third-order valence-electron chi connectivity index (χ3n) is 7.42. The van der Waals surface area contributed by atoms with Gasteiger partial charge in [-0.25, -0.2) is 8.42 Å². The van der Waals surface area contributed by atoms with Crippen molar-refractivity contribution in [1.29, 1.82) is 5.41 Å². The Kier molecular flexibility index (Phi) is 10.1. The predicted octanol–water partition coefficient (Wildman–Crippen LogP) is 3.51. The van der Waals surface area contributed by atoms with Crippen molar-refractivity contribution in [3.05, 3.63) is 83.9 Å². The fourth-order valence-corrected chi connectivity index (χ4v) is 6.42. The molecular weight excluding hydrogens is 538 g/mol. The van der Waals surface area contributed by atoms with Crippen LogP contribution < -0.4 is 20.9 Å². The molecule has 1 aliphatic heterocycles. The number of amidine groups is 1. The summed E-state index contributed by atoms with van der Waals surface area (Å²) in [5, 5.41) is 7.77. The molecule has 41 heavy (non-hydrogen) atoms. The summed E-state index contributed by atoms with van der Waals surface area (Å²) in [6.07, 6.45) is 2.72. The van der Waals surface area contributed by atoms with Crippen molar-refractivity contribution in [3.63, 3.8) is 0 Å². The van der Waals surface area contributed by atoms with E-state index in [0.29, 0.717) is 43.3 Å². The van der Waals surface area contributed by atoms with Crippen LogP contribution in [0.2, 0.25) is 0 Å². The van der Waals surface area contributed by atoms with Gasteiger partial charge in [-0.2, -0.15) is 4.72 Å². The van der Waals surface area contributed by atoms with E-state index in [2.05, 4.69) is 4.72 Å². The molecular formula is C31H39N5O4S. The lowest BCUT2D eigenvalue weighted by molar-refractivity contribution is -0.134. The zero-order chi connectivity index (χ0) is 29.4. The summed E-state index contributed by atoms with van der Waals surface area (Å²) in [4.78, 5) is 15.6. The van der Waals surface area contributed by atoms with E-state index in [1.165, 1.54) is 6.07 Å². The van der Waals surface area contributed by atoms with Gasteiger partial charge in [-0.15, -0.1) is 0 Å². The number of hydrogen-bond acceptors (Lipinski definition) is 6. The number of nitrogens with zero attached hydrogens (tertiary/aromatic N) is 1. The lowest BCUT2D eigenvalue weighted by Crippen LogP contribution is -2.51. The first-order valence-corrected chi connectivity index (χ1v) is 15.5. The van der Waals surface area contributed by atoms with E-state index in [0.717, 1.165) is 36.1 Å². The molecule has 6 N–H and O–H groups in total. The maximum Gasteiger partial charge on any atom is 0.241 e. The first-order chi connectivity index (χ1) is 19.7. The molecule has 218 valence electrons. The van der Waals surface area contributed by atoms with E-state index in [9.17, 15) is 13.2 Å². The predicted molar refractivity (Wildman–Crippen MR) is 161 cm³/mol. The number of carbonyl (C=O) groups excluding carboxylic acids is 1. The quantitative estimate of drug-likeness (QED) is 0.191. The smallest absolute Gasteiger partial charge is 0.241 e. The summed E-state index contributed by atoms with van der Waals surface area (Å²) < 4.78 is 35.6. The number of amides is 1. The van der Waals surface area contributed by atoms with Gasteiger partial charge < -0.3 is 21.1 Å².